The van der Waals surface area contributed by atoms with Gasteiger partial charge in [0, 0.05) is 49.3 Å². The van der Waals surface area contributed by atoms with Crippen LogP contribution < -0.4 is 9.80 Å². The van der Waals surface area contributed by atoms with E-state index in [9.17, 15) is 14.7 Å². The van der Waals surface area contributed by atoms with Crippen LogP contribution in [0.15, 0.2) is 53.0 Å². The van der Waals surface area contributed by atoms with Crippen molar-refractivity contribution in [2.45, 2.75) is 6.42 Å². The molecule has 146 valence electrons. The Morgan fingerprint density at radius 3 is 2.50 bits per heavy atom. The third kappa shape index (κ3) is 3.71. The quantitative estimate of drug-likeness (QED) is 0.791. The number of para-hydroxylation sites is 2. The van der Waals surface area contributed by atoms with Crippen molar-refractivity contribution in [3.05, 3.63) is 53.0 Å². The summed E-state index contributed by atoms with van der Waals surface area (Å²) < 4.78 is 0.910. The van der Waals surface area contributed by atoms with Gasteiger partial charge in [-0.1, -0.05) is 34.1 Å². The number of phenolic OH excluding ortho intramolecular Hbond substituents is 1. The Balaban J connectivity index is 1.38. The second-order valence-electron chi connectivity index (χ2n) is 7.19. The van der Waals surface area contributed by atoms with Crippen molar-refractivity contribution in [3.63, 3.8) is 0 Å². The summed E-state index contributed by atoms with van der Waals surface area (Å²) in [7, 11) is 0. The molecule has 0 aromatic heterocycles. The summed E-state index contributed by atoms with van der Waals surface area (Å²) in [5, 5.41) is 10.0. The van der Waals surface area contributed by atoms with E-state index in [-0.39, 0.29) is 29.9 Å². The molecule has 0 spiro atoms. The van der Waals surface area contributed by atoms with Crippen LogP contribution in [0.3, 0.4) is 0 Å². The maximum Gasteiger partial charge on any atom is 0.228 e. The topological polar surface area (TPSA) is 64.1 Å². The molecule has 4 rings (SSSR count). The van der Waals surface area contributed by atoms with Gasteiger partial charge in [-0.2, -0.15) is 0 Å². The van der Waals surface area contributed by atoms with Crippen molar-refractivity contribution in [3.8, 4) is 5.75 Å². The lowest BCUT2D eigenvalue weighted by Crippen LogP contribution is -2.50. The van der Waals surface area contributed by atoms with Crippen LogP contribution >= 0.6 is 15.9 Å². The van der Waals surface area contributed by atoms with Gasteiger partial charge in [-0.25, -0.2) is 0 Å². The second-order valence-corrected chi connectivity index (χ2v) is 8.10. The van der Waals surface area contributed by atoms with Crippen LogP contribution in [0.25, 0.3) is 0 Å². The highest BCUT2D eigenvalue weighted by Crippen LogP contribution is 2.30. The number of halogens is 1. The first-order chi connectivity index (χ1) is 13.5. The predicted octanol–water partition coefficient (Wildman–Crippen LogP) is 2.86. The van der Waals surface area contributed by atoms with Gasteiger partial charge in [0.1, 0.15) is 5.75 Å². The van der Waals surface area contributed by atoms with E-state index < -0.39 is 0 Å². The van der Waals surface area contributed by atoms with Crippen LogP contribution in [-0.4, -0.2) is 54.5 Å². The molecule has 0 aliphatic carbocycles. The van der Waals surface area contributed by atoms with E-state index in [1.54, 1.807) is 17.0 Å². The molecule has 2 aliphatic rings. The number of hydrogen-bond acceptors (Lipinski definition) is 4. The minimum atomic E-state index is -0.303. The van der Waals surface area contributed by atoms with Gasteiger partial charge in [0.25, 0.3) is 0 Å². The standard InChI is InChI=1S/C21H22BrN3O3/c22-16-4-3-5-17(13-16)25-14-15(12-20(25)27)21(28)24-10-8-23(9-11-24)18-6-1-2-7-19(18)26/h1-7,13,15,26H,8-12,14H2/t15-/m0/s1. The van der Waals surface area contributed by atoms with Crippen LogP contribution in [0, 0.1) is 5.92 Å². The van der Waals surface area contributed by atoms with Crippen molar-refractivity contribution in [2.24, 2.45) is 5.92 Å². The SMILES string of the molecule is O=C([C@H]1CC(=O)N(c2cccc(Br)c2)C1)N1CCN(c2ccccc2O)CC1. The Morgan fingerprint density at radius 1 is 1.04 bits per heavy atom. The third-order valence-corrected chi connectivity index (χ3v) is 5.90. The summed E-state index contributed by atoms with van der Waals surface area (Å²) in [6, 6.07) is 14.8. The number of amides is 2. The summed E-state index contributed by atoms with van der Waals surface area (Å²) in [6.45, 7) is 2.94. The Kier molecular flexibility index (Phi) is 5.26. The largest absolute Gasteiger partial charge is 0.506 e. The van der Waals surface area contributed by atoms with Gasteiger partial charge in [0.15, 0.2) is 0 Å². The molecular formula is C21H22BrN3O3. The normalized spacial score (nSPS) is 20.0. The van der Waals surface area contributed by atoms with Gasteiger partial charge >= 0.3 is 0 Å². The molecule has 0 bridgehead atoms. The first-order valence-corrected chi connectivity index (χ1v) is 10.2. The van der Waals surface area contributed by atoms with E-state index in [4.69, 9.17) is 0 Å². The molecule has 2 fully saturated rings. The molecule has 6 nitrogen and oxygen atoms in total. The van der Waals surface area contributed by atoms with Gasteiger partial charge < -0.3 is 19.8 Å². The molecule has 2 amide bonds. The minimum absolute atomic E-state index is 0.00991. The molecule has 0 unspecified atom stereocenters. The summed E-state index contributed by atoms with van der Waals surface area (Å²) in [4.78, 5) is 31.1. The average Bonchev–Trinajstić information content (AvgIpc) is 3.10. The Hall–Kier alpha value is -2.54. The van der Waals surface area contributed by atoms with Gasteiger partial charge in [0.05, 0.1) is 11.6 Å². The minimum Gasteiger partial charge on any atom is -0.506 e. The molecule has 2 heterocycles. The van der Waals surface area contributed by atoms with Crippen LogP contribution in [0.2, 0.25) is 0 Å². The van der Waals surface area contributed by atoms with E-state index in [2.05, 4.69) is 20.8 Å². The molecule has 1 N–H and O–H groups in total. The zero-order valence-electron chi connectivity index (χ0n) is 15.4. The summed E-state index contributed by atoms with van der Waals surface area (Å²) >= 11 is 3.43. The van der Waals surface area contributed by atoms with E-state index >= 15 is 0 Å². The number of rotatable bonds is 3. The molecule has 0 saturated carbocycles. The fourth-order valence-electron chi connectivity index (χ4n) is 3.92. The Morgan fingerprint density at radius 2 is 1.79 bits per heavy atom. The number of aromatic hydroxyl groups is 1. The molecule has 2 saturated heterocycles. The van der Waals surface area contributed by atoms with Crippen LogP contribution in [0.5, 0.6) is 5.75 Å². The molecule has 7 heteroatoms. The van der Waals surface area contributed by atoms with Crippen molar-refractivity contribution in [1.82, 2.24) is 4.90 Å². The molecular weight excluding hydrogens is 422 g/mol. The van der Waals surface area contributed by atoms with Gasteiger partial charge in [-0.3, -0.25) is 9.59 Å². The van der Waals surface area contributed by atoms with Gasteiger partial charge in [0.2, 0.25) is 11.8 Å². The molecule has 2 aliphatic heterocycles. The van der Waals surface area contributed by atoms with E-state index in [0.29, 0.717) is 32.7 Å². The van der Waals surface area contributed by atoms with Crippen LogP contribution in [0.4, 0.5) is 11.4 Å². The van der Waals surface area contributed by atoms with Crippen molar-refractivity contribution >= 4 is 39.1 Å². The van der Waals surface area contributed by atoms with Crippen LogP contribution in [0.1, 0.15) is 6.42 Å². The second kappa shape index (κ2) is 7.83. The highest BCUT2D eigenvalue weighted by molar-refractivity contribution is 9.10. The van der Waals surface area contributed by atoms with Gasteiger partial charge in [-0.15, -0.1) is 0 Å². The predicted molar refractivity (Wildman–Crippen MR) is 112 cm³/mol. The number of carbonyl (C=O) groups is 2. The lowest BCUT2D eigenvalue weighted by molar-refractivity contribution is -0.136. The van der Waals surface area contributed by atoms with Crippen molar-refractivity contribution in [2.75, 3.05) is 42.5 Å². The zero-order valence-corrected chi connectivity index (χ0v) is 17.0. The third-order valence-electron chi connectivity index (χ3n) is 5.41. The lowest BCUT2D eigenvalue weighted by atomic mass is 10.1. The van der Waals surface area contributed by atoms with Crippen molar-refractivity contribution < 1.29 is 14.7 Å². The average molecular weight is 444 g/mol. The fourth-order valence-corrected chi connectivity index (χ4v) is 4.31. The summed E-state index contributed by atoms with van der Waals surface area (Å²) in [5.41, 5.74) is 1.62. The monoisotopic (exact) mass is 443 g/mol. The number of benzene rings is 2. The number of phenols is 1. The number of hydrogen-bond donors (Lipinski definition) is 1. The maximum absolute atomic E-state index is 13.0. The fraction of sp³-hybridized carbons (Fsp3) is 0.333. The van der Waals surface area contributed by atoms with E-state index in [1.807, 2.05) is 41.3 Å². The molecule has 0 radical (unpaired) electrons. The Labute approximate surface area is 172 Å². The smallest absolute Gasteiger partial charge is 0.228 e. The lowest BCUT2D eigenvalue weighted by Gasteiger charge is -2.37. The number of anilines is 2. The highest BCUT2D eigenvalue weighted by atomic mass is 79.9. The number of nitrogens with zero attached hydrogens (tertiary/aromatic N) is 3. The number of carbonyl (C=O) groups excluding carboxylic acids is 2. The molecule has 2 aromatic rings. The summed E-state index contributed by atoms with van der Waals surface area (Å²) in [5.74, 6) is -0.0106. The zero-order chi connectivity index (χ0) is 19.7. The first kappa shape index (κ1) is 18.8. The molecule has 28 heavy (non-hydrogen) atoms. The first-order valence-electron chi connectivity index (χ1n) is 9.40. The number of piperazine rings is 1. The van der Waals surface area contributed by atoms with Crippen molar-refractivity contribution in [1.29, 1.82) is 0 Å². The van der Waals surface area contributed by atoms with Crippen LogP contribution in [-0.2, 0) is 9.59 Å². The molecule has 1 atom stereocenters. The summed E-state index contributed by atoms with van der Waals surface area (Å²) in [6.07, 6.45) is 0.255. The molecule has 2 aromatic carbocycles. The highest BCUT2D eigenvalue weighted by Gasteiger charge is 2.38. The Bertz CT molecular complexity index is 896. The maximum atomic E-state index is 13.0. The van der Waals surface area contributed by atoms with E-state index in [1.165, 1.54) is 0 Å². The van der Waals surface area contributed by atoms with E-state index in [0.717, 1.165) is 15.8 Å². The van der Waals surface area contributed by atoms with Gasteiger partial charge in [-0.05, 0) is 30.3 Å².